The molecule has 0 bridgehead atoms. The van der Waals surface area contributed by atoms with Gasteiger partial charge in [-0.25, -0.2) is 0 Å². The number of alkyl halides is 3. The van der Waals surface area contributed by atoms with Gasteiger partial charge in [-0.15, -0.1) is 0 Å². The van der Waals surface area contributed by atoms with Crippen molar-refractivity contribution in [1.82, 2.24) is 14.7 Å². The van der Waals surface area contributed by atoms with E-state index in [1.54, 1.807) is 35.4 Å². The van der Waals surface area contributed by atoms with Gasteiger partial charge in [-0.2, -0.15) is 18.3 Å². The summed E-state index contributed by atoms with van der Waals surface area (Å²) in [5.41, 5.74) is 0.450. The Morgan fingerprint density at radius 3 is 2.81 bits per heavy atom. The van der Waals surface area contributed by atoms with Gasteiger partial charge in [-0.3, -0.25) is 13.7 Å². The van der Waals surface area contributed by atoms with E-state index in [1.807, 2.05) is 0 Å². The Morgan fingerprint density at radius 1 is 1.33 bits per heavy atom. The predicted octanol–water partition coefficient (Wildman–Crippen LogP) is 3.26. The molecular formula is C18H20F3N3O2S. The number of benzene rings is 1. The Kier molecular flexibility index (Phi) is 5.69. The zero-order valence-electron chi connectivity index (χ0n) is 14.8. The van der Waals surface area contributed by atoms with E-state index in [4.69, 9.17) is 0 Å². The molecule has 0 N–H and O–H groups in total. The largest absolute Gasteiger partial charge is 0.433 e. The van der Waals surface area contributed by atoms with E-state index in [1.165, 1.54) is 0 Å². The number of carbonyl (C=O) groups excluding carboxylic acids is 1. The van der Waals surface area contributed by atoms with Crippen LogP contribution in [0.15, 0.2) is 36.5 Å². The third kappa shape index (κ3) is 4.58. The average Bonchev–Trinajstić information content (AvgIpc) is 3.11. The van der Waals surface area contributed by atoms with Crippen LogP contribution >= 0.6 is 0 Å². The Morgan fingerprint density at radius 2 is 2.11 bits per heavy atom. The Labute approximate surface area is 157 Å². The van der Waals surface area contributed by atoms with Crippen molar-refractivity contribution in [3.8, 4) is 0 Å². The van der Waals surface area contributed by atoms with Gasteiger partial charge in [0.05, 0.1) is 6.04 Å². The highest BCUT2D eigenvalue weighted by atomic mass is 32.2. The van der Waals surface area contributed by atoms with Gasteiger partial charge < -0.3 is 4.90 Å². The van der Waals surface area contributed by atoms with E-state index >= 15 is 0 Å². The molecule has 146 valence electrons. The van der Waals surface area contributed by atoms with E-state index in [2.05, 4.69) is 5.10 Å². The first-order valence-corrected chi connectivity index (χ1v) is 10.3. The first-order valence-electron chi connectivity index (χ1n) is 8.54. The van der Waals surface area contributed by atoms with Crippen LogP contribution in [-0.4, -0.2) is 44.1 Å². The van der Waals surface area contributed by atoms with Gasteiger partial charge in [-0.05, 0) is 36.6 Å². The minimum absolute atomic E-state index is 0.174. The lowest BCUT2D eigenvalue weighted by Crippen LogP contribution is -2.41. The van der Waals surface area contributed by atoms with Crippen LogP contribution in [0.2, 0.25) is 0 Å². The van der Waals surface area contributed by atoms with E-state index in [0.29, 0.717) is 30.7 Å². The summed E-state index contributed by atoms with van der Waals surface area (Å²) < 4.78 is 51.8. The molecule has 0 saturated carbocycles. The van der Waals surface area contributed by atoms with Gasteiger partial charge in [-0.1, -0.05) is 12.1 Å². The number of nitrogens with zero attached hydrogens (tertiary/aromatic N) is 3. The maximum absolute atomic E-state index is 13.1. The monoisotopic (exact) mass is 399 g/mol. The second-order valence-electron chi connectivity index (χ2n) is 6.62. The molecule has 0 aliphatic carbocycles. The van der Waals surface area contributed by atoms with Crippen molar-refractivity contribution in [2.45, 2.75) is 30.8 Å². The molecule has 1 aromatic heterocycles. The van der Waals surface area contributed by atoms with Crippen molar-refractivity contribution >= 4 is 16.7 Å². The first kappa shape index (κ1) is 19.6. The summed E-state index contributed by atoms with van der Waals surface area (Å²) >= 11 is 0. The quantitative estimate of drug-likeness (QED) is 0.793. The third-order valence-corrected chi connectivity index (χ3v) is 5.27. The number of piperidine rings is 1. The molecule has 1 saturated heterocycles. The van der Waals surface area contributed by atoms with Crippen molar-refractivity contribution in [3.05, 3.63) is 53.3 Å². The normalized spacial score (nSPS) is 19.1. The van der Waals surface area contributed by atoms with Crippen LogP contribution in [0.4, 0.5) is 13.2 Å². The molecule has 3 rings (SSSR count). The molecule has 0 radical (unpaired) electrons. The second-order valence-corrected chi connectivity index (χ2v) is 8.06. The molecule has 2 unspecified atom stereocenters. The smallest absolute Gasteiger partial charge is 0.337 e. The second kappa shape index (κ2) is 7.84. The maximum atomic E-state index is 13.1. The van der Waals surface area contributed by atoms with Gasteiger partial charge in [0.1, 0.15) is 5.69 Å². The number of hydrogen-bond donors (Lipinski definition) is 0. The molecule has 1 amide bonds. The van der Waals surface area contributed by atoms with Gasteiger partial charge in [0.25, 0.3) is 5.91 Å². The highest BCUT2D eigenvalue weighted by molar-refractivity contribution is 7.83. The summed E-state index contributed by atoms with van der Waals surface area (Å²) in [7, 11) is -1.02. The number of likely N-dealkylation sites (tertiary alicyclic amines) is 1. The Bertz CT molecular complexity index is 850. The fraction of sp³-hybridized carbons (Fsp3) is 0.444. The van der Waals surface area contributed by atoms with E-state index in [9.17, 15) is 22.2 Å². The Balaban J connectivity index is 1.78. The fourth-order valence-corrected chi connectivity index (χ4v) is 4.03. The lowest BCUT2D eigenvalue weighted by Gasteiger charge is -2.34. The number of halogens is 3. The summed E-state index contributed by atoms with van der Waals surface area (Å²) in [4.78, 5) is 14.4. The average molecular weight is 399 g/mol. The standard InChI is InChI=1S/C18H20F3N3O2S/c1-27(26)12-13-4-2-5-14(10-13)17(25)23-9-3-6-15(11-23)24-16(7-8-22-24)18(19,20)21/h2,4-5,7-8,10,15H,3,6,9,11-12H2,1H3. The number of aromatic nitrogens is 2. The molecule has 27 heavy (non-hydrogen) atoms. The van der Waals surface area contributed by atoms with Crippen LogP contribution in [0.3, 0.4) is 0 Å². The number of carbonyl (C=O) groups is 1. The molecule has 1 aliphatic rings. The molecular weight excluding hydrogens is 379 g/mol. The molecule has 2 aromatic rings. The fourth-order valence-electron chi connectivity index (χ4n) is 3.38. The van der Waals surface area contributed by atoms with Gasteiger partial charge in [0, 0.05) is 47.7 Å². The topological polar surface area (TPSA) is 55.2 Å². The molecule has 1 aromatic carbocycles. The molecule has 1 aliphatic heterocycles. The summed E-state index contributed by atoms with van der Waals surface area (Å²) in [6, 6.07) is 7.34. The van der Waals surface area contributed by atoms with Crippen molar-refractivity contribution in [2.24, 2.45) is 0 Å². The van der Waals surface area contributed by atoms with E-state index in [0.717, 1.165) is 22.5 Å². The molecule has 2 heterocycles. The summed E-state index contributed by atoms with van der Waals surface area (Å²) in [5, 5.41) is 3.84. The minimum atomic E-state index is -4.48. The first-order chi connectivity index (χ1) is 12.8. The van der Waals surface area contributed by atoms with Crippen molar-refractivity contribution in [2.75, 3.05) is 19.3 Å². The zero-order chi connectivity index (χ0) is 19.6. The predicted molar refractivity (Wildman–Crippen MR) is 95.6 cm³/mol. The molecule has 9 heteroatoms. The summed E-state index contributed by atoms with van der Waals surface area (Å²) in [6.45, 7) is 0.662. The van der Waals surface area contributed by atoms with Crippen molar-refractivity contribution in [3.63, 3.8) is 0 Å². The van der Waals surface area contributed by atoms with Crippen LogP contribution in [-0.2, 0) is 22.7 Å². The molecule has 5 nitrogen and oxygen atoms in total. The highest BCUT2D eigenvalue weighted by Crippen LogP contribution is 2.33. The zero-order valence-corrected chi connectivity index (χ0v) is 15.6. The van der Waals surface area contributed by atoms with Gasteiger partial charge in [0.2, 0.25) is 0 Å². The number of amides is 1. The van der Waals surface area contributed by atoms with Gasteiger partial charge in [0.15, 0.2) is 0 Å². The summed E-state index contributed by atoms with van der Waals surface area (Å²) in [6.07, 6.45) is -0.619. The molecule has 2 atom stereocenters. The van der Waals surface area contributed by atoms with E-state index in [-0.39, 0.29) is 12.5 Å². The number of hydrogen-bond acceptors (Lipinski definition) is 3. The van der Waals surface area contributed by atoms with Crippen molar-refractivity contribution < 1.29 is 22.2 Å². The van der Waals surface area contributed by atoms with Crippen LogP contribution in [0, 0.1) is 0 Å². The molecule has 1 fully saturated rings. The lowest BCUT2D eigenvalue weighted by molar-refractivity contribution is -0.145. The van der Waals surface area contributed by atoms with Crippen molar-refractivity contribution in [1.29, 1.82) is 0 Å². The van der Waals surface area contributed by atoms with Crippen LogP contribution in [0.25, 0.3) is 0 Å². The highest BCUT2D eigenvalue weighted by Gasteiger charge is 2.37. The Hall–Kier alpha value is -2.16. The van der Waals surface area contributed by atoms with Crippen LogP contribution in [0.5, 0.6) is 0 Å². The third-order valence-electron chi connectivity index (χ3n) is 4.53. The summed E-state index contributed by atoms with van der Waals surface area (Å²) in [5.74, 6) is 0.121. The molecule has 0 spiro atoms. The van der Waals surface area contributed by atoms with Gasteiger partial charge >= 0.3 is 6.18 Å². The lowest BCUT2D eigenvalue weighted by atomic mass is 10.0. The maximum Gasteiger partial charge on any atom is 0.433 e. The SMILES string of the molecule is CS(=O)Cc1cccc(C(=O)N2CCCC(n3nccc3C(F)(F)F)C2)c1. The number of rotatable bonds is 4. The minimum Gasteiger partial charge on any atom is -0.337 e. The van der Waals surface area contributed by atoms with Crippen LogP contribution in [0.1, 0.15) is 40.5 Å². The van der Waals surface area contributed by atoms with Crippen LogP contribution < -0.4 is 0 Å². The van der Waals surface area contributed by atoms with E-state index < -0.39 is 28.7 Å².